The number of hydrazone groups is 1. The average molecular weight is 359 g/mol. The number of nitrogens with zero attached hydrogens (tertiary/aromatic N) is 2. The van der Waals surface area contributed by atoms with Crippen molar-refractivity contribution >= 4 is 24.1 Å². The lowest BCUT2D eigenvalue weighted by Gasteiger charge is -2.33. The number of aliphatic carboxylic acids is 1. The van der Waals surface area contributed by atoms with Crippen LogP contribution in [0.15, 0.2) is 29.4 Å². The first kappa shape index (κ1) is 17.9. The molecular weight excluding hydrogens is 338 g/mol. The Morgan fingerprint density at radius 3 is 2.62 bits per heavy atom. The molecule has 1 saturated carbocycles. The normalized spacial score (nSPS) is 25.7. The molecule has 2 N–H and O–H groups in total. The zero-order chi connectivity index (χ0) is 18.7. The first-order valence-corrected chi connectivity index (χ1v) is 8.55. The maximum Gasteiger partial charge on any atom is 0.346 e. The fourth-order valence-corrected chi connectivity index (χ4v) is 3.22. The van der Waals surface area contributed by atoms with Gasteiger partial charge in [-0.05, 0) is 61.4 Å². The zero-order valence-electron chi connectivity index (χ0n) is 14.5. The van der Waals surface area contributed by atoms with Crippen LogP contribution in [0.3, 0.4) is 0 Å². The van der Waals surface area contributed by atoms with Crippen LogP contribution in [-0.4, -0.2) is 46.4 Å². The Bertz CT molecular complexity index is 736. The maximum absolute atomic E-state index is 12.7. The van der Waals surface area contributed by atoms with E-state index in [1.165, 1.54) is 6.21 Å². The molecule has 2 aliphatic rings. The van der Waals surface area contributed by atoms with E-state index in [-0.39, 0.29) is 5.91 Å². The largest absolute Gasteiger partial charge is 0.482 e. The standard InChI is InChI=1S/C18H21N3O5/c1-12-6-8-18(9-7-12)16(24)21(17(25)20-18)19-10-13-2-4-14(5-3-13)26-11-15(22)23/h2-5,10,12H,6-9,11H2,1H3,(H,20,25)(H,22,23)/b19-10-. The summed E-state index contributed by atoms with van der Waals surface area (Å²) in [7, 11) is 0. The summed E-state index contributed by atoms with van der Waals surface area (Å²) in [6.45, 7) is 1.73. The van der Waals surface area contributed by atoms with Gasteiger partial charge in [0.05, 0.1) is 6.21 Å². The number of amides is 3. The molecule has 0 atom stereocenters. The molecule has 1 heterocycles. The number of imide groups is 1. The lowest BCUT2D eigenvalue weighted by Crippen LogP contribution is -2.49. The summed E-state index contributed by atoms with van der Waals surface area (Å²) in [4.78, 5) is 35.3. The van der Waals surface area contributed by atoms with Crippen LogP contribution < -0.4 is 10.1 Å². The van der Waals surface area contributed by atoms with Crippen molar-refractivity contribution in [3.8, 4) is 5.75 Å². The molecule has 2 fully saturated rings. The first-order valence-electron chi connectivity index (χ1n) is 8.55. The van der Waals surface area contributed by atoms with Crippen LogP contribution >= 0.6 is 0 Å². The van der Waals surface area contributed by atoms with Gasteiger partial charge in [-0.25, -0.2) is 9.59 Å². The summed E-state index contributed by atoms with van der Waals surface area (Å²) in [5.74, 6) is -0.383. The highest BCUT2D eigenvalue weighted by Crippen LogP contribution is 2.36. The van der Waals surface area contributed by atoms with Crippen LogP contribution in [0.2, 0.25) is 0 Å². The van der Waals surface area contributed by atoms with E-state index in [1.54, 1.807) is 24.3 Å². The molecule has 138 valence electrons. The summed E-state index contributed by atoms with van der Waals surface area (Å²) < 4.78 is 5.05. The van der Waals surface area contributed by atoms with E-state index in [2.05, 4.69) is 17.3 Å². The predicted molar refractivity (Wildman–Crippen MR) is 92.9 cm³/mol. The summed E-state index contributed by atoms with van der Waals surface area (Å²) in [5.41, 5.74) is -0.151. The number of carbonyl (C=O) groups is 3. The van der Waals surface area contributed by atoms with Gasteiger partial charge in [0, 0.05) is 0 Å². The van der Waals surface area contributed by atoms with E-state index >= 15 is 0 Å². The molecule has 0 unspecified atom stereocenters. The molecule has 0 radical (unpaired) electrons. The molecule has 1 aliphatic carbocycles. The number of urea groups is 1. The second kappa shape index (κ2) is 7.15. The number of ether oxygens (including phenoxy) is 1. The van der Waals surface area contributed by atoms with Gasteiger partial charge in [-0.2, -0.15) is 5.10 Å². The van der Waals surface area contributed by atoms with E-state index in [0.29, 0.717) is 30.1 Å². The van der Waals surface area contributed by atoms with E-state index in [4.69, 9.17) is 9.84 Å². The summed E-state index contributed by atoms with van der Waals surface area (Å²) in [6, 6.07) is 6.02. The van der Waals surface area contributed by atoms with Crippen LogP contribution in [0.25, 0.3) is 0 Å². The minimum atomic E-state index is -1.06. The zero-order valence-corrected chi connectivity index (χ0v) is 14.5. The molecule has 1 aromatic rings. The third kappa shape index (κ3) is 3.68. The minimum absolute atomic E-state index is 0.299. The number of benzene rings is 1. The molecule has 0 bridgehead atoms. The number of carbonyl (C=O) groups excluding carboxylic acids is 2. The van der Waals surface area contributed by atoms with Gasteiger partial charge in [0.15, 0.2) is 6.61 Å². The second-order valence-electron chi connectivity index (χ2n) is 6.81. The van der Waals surface area contributed by atoms with Gasteiger partial charge >= 0.3 is 12.0 Å². The van der Waals surface area contributed by atoms with Gasteiger partial charge in [0.1, 0.15) is 11.3 Å². The SMILES string of the molecule is CC1CCC2(CC1)NC(=O)N(/N=C\c1ccc(OCC(=O)O)cc1)C2=O. The van der Waals surface area contributed by atoms with Crippen LogP contribution in [0, 0.1) is 5.92 Å². The number of nitrogens with one attached hydrogen (secondary N) is 1. The van der Waals surface area contributed by atoms with Crippen molar-refractivity contribution in [2.75, 3.05) is 6.61 Å². The molecule has 3 amide bonds. The molecule has 1 aliphatic heterocycles. The quantitative estimate of drug-likeness (QED) is 0.617. The van der Waals surface area contributed by atoms with Crippen LogP contribution in [-0.2, 0) is 9.59 Å². The Morgan fingerprint density at radius 1 is 1.35 bits per heavy atom. The van der Waals surface area contributed by atoms with Crippen molar-refractivity contribution in [1.82, 2.24) is 10.3 Å². The van der Waals surface area contributed by atoms with Gasteiger partial charge < -0.3 is 15.2 Å². The molecular formula is C18H21N3O5. The summed E-state index contributed by atoms with van der Waals surface area (Å²) in [6.07, 6.45) is 4.51. The van der Waals surface area contributed by atoms with Crippen molar-refractivity contribution in [1.29, 1.82) is 0 Å². The molecule has 1 spiro atoms. The summed E-state index contributed by atoms with van der Waals surface area (Å²) >= 11 is 0. The van der Waals surface area contributed by atoms with Crippen LogP contribution in [0.4, 0.5) is 4.79 Å². The van der Waals surface area contributed by atoms with Gasteiger partial charge in [-0.15, -0.1) is 5.01 Å². The Hall–Kier alpha value is -2.90. The monoisotopic (exact) mass is 359 g/mol. The fraction of sp³-hybridized carbons (Fsp3) is 0.444. The highest BCUT2D eigenvalue weighted by Gasteiger charge is 2.52. The van der Waals surface area contributed by atoms with Crippen molar-refractivity contribution in [3.63, 3.8) is 0 Å². The highest BCUT2D eigenvalue weighted by atomic mass is 16.5. The van der Waals surface area contributed by atoms with Crippen LogP contribution in [0.1, 0.15) is 38.2 Å². The number of carboxylic acid groups (broad SMARTS) is 1. The Kier molecular flexibility index (Phi) is 4.92. The predicted octanol–water partition coefficient (Wildman–Crippen LogP) is 1.98. The lowest BCUT2D eigenvalue weighted by atomic mass is 9.77. The van der Waals surface area contributed by atoms with Crippen molar-refractivity contribution in [3.05, 3.63) is 29.8 Å². The van der Waals surface area contributed by atoms with Crippen molar-refractivity contribution in [2.24, 2.45) is 11.0 Å². The Morgan fingerprint density at radius 2 is 2.00 bits per heavy atom. The number of hydrogen-bond donors (Lipinski definition) is 2. The number of carboxylic acids is 1. The van der Waals surface area contributed by atoms with Crippen molar-refractivity contribution in [2.45, 2.75) is 38.1 Å². The Balaban J connectivity index is 1.65. The van der Waals surface area contributed by atoms with E-state index < -0.39 is 24.1 Å². The molecule has 1 saturated heterocycles. The van der Waals surface area contributed by atoms with E-state index in [9.17, 15) is 14.4 Å². The topological polar surface area (TPSA) is 108 Å². The van der Waals surface area contributed by atoms with Crippen LogP contribution in [0.5, 0.6) is 5.75 Å². The molecule has 1 aromatic carbocycles. The number of rotatable bonds is 5. The average Bonchev–Trinajstić information content (AvgIpc) is 2.85. The van der Waals surface area contributed by atoms with Gasteiger partial charge in [0.25, 0.3) is 5.91 Å². The fourth-order valence-electron chi connectivity index (χ4n) is 3.22. The third-order valence-electron chi connectivity index (χ3n) is 4.83. The first-order chi connectivity index (χ1) is 12.4. The summed E-state index contributed by atoms with van der Waals surface area (Å²) in [5, 5.41) is 16.3. The molecule has 0 aromatic heterocycles. The number of hydrogen-bond acceptors (Lipinski definition) is 5. The van der Waals surface area contributed by atoms with Gasteiger partial charge in [-0.1, -0.05) is 6.92 Å². The molecule has 3 rings (SSSR count). The van der Waals surface area contributed by atoms with Gasteiger partial charge in [0.2, 0.25) is 0 Å². The third-order valence-corrected chi connectivity index (χ3v) is 4.83. The molecule has 26 heavy (non-hydrogen) atoms. The van der Waals surface area contributed by atoms with Crippen molar-refractivity contribution < 1.29 is 24.2 Å². The molecule has 8 nitrogen and oxygen atoms in total. The molecule has 8 heteroatoms. The lowest BCUT2D eigenvalue weighted by molar-refractivity contribution is -0.139. The maximum atomic E-state index is 12.7. The van der Waals surface area contributed by atoms with E-state index in [0.717, 1.165) is 17.9 Å². The van der Waals surface area contributed by atoms with Gasteiger partial charge in [-0.3, -0.25) is 4.79 Å². The van der Waals surface area contributed by atoms with E-state index in [1.807, 2.05) is 0 Å². The minimum Gasteiger partial charge on any atom is -0.482 e. The Labute approximate surface area is 150 Å². The highest BCUT2D eigenvalue weighted by molar-refractivity contribution is 6.07. The smallest absolute Gasteiger partial charge is 0.346 e. The second-order valence-corrected chi connectivity index (χ2v) is 6.81.